The van der Waals surface area contributed by atoms with E-state index in [9.17, 15) is 9.59 Å². The van der Waals surface area contributed by atoms with Gasteiger partial charge in [0.05, 0.1) is 6.04 Å². The lowest BCUT2D eigenvalue weighted by Gasteiger charge is -2.34. The Bertz CT molecular complexity index is 461. The van der Waals surface area contributed by atoms with Crippen LogP contribution in [0, 0.1) is 0 Å². The van der Waals surface area contributed by atoms with Gasteiger partial charge in [-0.1, -0.05) is 30.3 Å². The third-order valence-electron chi connectivity index (χ3n) is 3.40. The van der Waals surface area contributed by atoms with Gasteiger partial charge in [0, 0.05) is 13.1 Å². The first-order valence-electron chi connectivity index (χ1n) is 6.47. The minimum Gasteiger partial charge on any atom is -0.353 e. The van der Waals surface area contributed by atoms with E-state index in [0.717, 1.165) is 5.56 Å². The second kappa shape index (κ2) is 5.84. The average molecular weight is 261 g/mol. The van der Waals surface area contributed by atoms with E-state index < -0.39 is 12.1 Å². The van der Waals surface area contributed by atoms with Crippen LogP contribution < -0.4 is 11.1 Å². The van der Waals surface area contributed by atoms with E-state index >= 15 is 0 Å². The number of piperazine rings is 1. The van der Waals surface area contributed by atoms with Crippen molar-refractivity contribution < 1.29 is 9.59 Å². The number of nitrogens with one attached hydrogen (secondary N) is 1. The van der Waals surface area contributed by atoms with Gasteiger partial charge < -0.3 is 16.0 Å². The van der Waals surface area contributed by atoms with E-state index in [0.29, 0.717) is 19.5 Å². The predicted octanol–water partition coefficient (Wildman–Crippen LogP) is -0.0967. The van der Waals surface area contributed by atoms with Crippen LogP contribution in [0.15, 0.2) is 30.3 Å². The molecule has 5 nitrogen and oxygen atoms in total. The smallest absolute Gasteiger partial charge is 0.242 e. The average Bonchev–Trinajstić information content (AvgIpc) is 2.42. The largest absolute Gasteiger partial charge is 0.353 e. The van der Waals surface area contributed by atoms with Gasteiger partial charge in [-0.2, -0.15) is 0 Å². The number of nitrogens with two attached hydrogens (primary N) is 1. The highest BCUT2D eigenvalue weighted by atomic mass is 16.2. The fourth-order valence-electron chi connectivity index (χ4n) is 2.25. The Labute approximate surface area is 112 Å². The molecule has 0 bridgehead atoms. The molecule has 5 heteroatoms. The van der Waals surface area contributed by atoms with Crippen LogP contribution in [0.5, 0.6) is 0 Å². The number of hydrogen-bond acceptors (Lipinski definition) is 3. The van der Waals surface area contributed by atoms with Crippen molar-refractivity contribution in [2.75, 3.05) is 13.1 Å². The van der Waals surface area contributed by atoms with E-state index in [4.69, 9.17) is 5.73 Å². The molecule has 3 N–H and O–H groups in total. The number of hydrogen-bond donors (Lipinski definition) is 2. The second-order valence-electron chi connectivity index (χ2n) is 4.79. The molecule has 2 amide bonds. The van der Waals surface area contributed by atoms with E-state index in [-0.39, 0.29) is 11.8 Å². The van der Waals surface area contributed by atoms with Crippen molar-refractivity contribution in [3.8, 4) is 0 Å². The van der Waals surface area contributed by atoms with Gasteiger partial charge in [0.15, 0.2) is 0 Å². The lowest BCUT2D eigenvalue weighted by atomic mass is 10.0. The van der Waals surface area contributed by atoms with E-state index in [1.54, 1.807) is 11.8 Å². The Kier molecular flexibility index (Phi) is 4.16. The molecule has 0 aliphatic carbocycles. The Morgan fingerprint density at radius 1 is 1.47 bits per heavy atom. The Balaban J connectivity index is 2.00. The van der Waals surface area contributed by atoms with E-state index in [1.807, 2.05) is 30.3 Å². The first-order chi connectivity index (χ1) is 9.09. The predicted molar refractivity (Wildman–Crippen MR) is 72.3 cm³/mol. The Morgan fingerprint density at radius 3 is 2.84 bits per heavy atom. The van der Waals surface area contributed by atoms with E-state index in [1.165, 1.54) is 0 Å². The van der Waals surface area contributed by atoms with Gasteiger partial charge >= 0.3 is 0 Å². The summed E-state index contributed by atoms with van der Waals surface area (Å²) in [5.74, 6) is -0.280. The van der Waals surface area contributed by atoms with Crippen molar-refractivity contribution >= 4 is 11.8 Å². The minimum atomic E-state index is -0.601. The molecular formula is C14H19N3O2. The molecule has 0 aromatic heterocycles. The summed E-state index contributed by atoms with van der Waals surface area (Å²) in [7, 11) is 0. The summed E-state index contributed by atoms with van der Waals surface area (Å²) in [6.45, 7) is 2.74. The Hall–Kier alpha value is -1.88. The van der Waals surface area contributed by atoms with Crippen LogP contribution in [0.4, 0.5) is 0 Å². The summed E-state index contributed by atoms with van der Waals surface area (Å²) < 4.78 is 0. The third-order valence-corrected chi connectivity index (χ3v) is 3.40. The summed E-state index contributed by atoms with van der Waals surface area (Å²) in [6, 6.07) is 8.61. The standard InChI is InChI=1S/C14H19N3O2/c1-10-13(18)16-7-8-17(10)14(19)12(15)9-11-5-3-2-4-6-11/h2-6,10,12H,7-9,15H2,1H3,(H,16,18)/t10?,12-/m0/s1. The molecule has 0 saturated carbocycles. The van der Waals surface area contributed by atoms with Crippen molar-refractivity contribution in [1.29, 1.82) is 0 Å². The molecule has 1 aromatic rings. The maximum absolute atomic E-state index is 12.3. The molecule has 1 aliphatic heterocycles. The molecule has 19 heavy (non-hydrogen) atoms. The van der Waals surface area contributed by atoms with Gasteiger partial charge in [-0.25, -0.2) is 0 Å². The van der Waals surface area contributed by atoms with Crippen molar-refractivity contribution in [1.82, 2.24) is 10.2 Å². The van der Waals surface area contributed by atoms with Crippen molar-refractivity contribution in [3.63, 3.8) is 0 Å². The summed E-state index contributed by atoms with van der Waals surface area (Å²) >= 11 is 0. The van der Waals surface area contributed by atoms with Crippen molar-refractivity contribution in [2.45, 2.75) is 25.4 Å². The van der Waals surface area contributed by atoms with Gasteiger partial charge in [-0.05, 0) is 18.9 Å². The quantitative estimate of drug-likeness (QED) is 0.798. The van der Waals surface area contributed by atoms with Crippen LogP contribution in [-0.4, -0.2) is 41.9 Å². The number of amides is 2. The maximum atomic E-state index is 12.3. The molecule has 2 atom stereocenters. The highest BCUT2D eigenvalue weighted by molar-refractivity contribution is 5.90. The molecule has 1 aromatic carbocycles. The number of nitrogens with zero attached hydrogens (tertiary/aromatic N) is 1. The molecule has 1 fully saturated rings. The monoisotopic (exact) mass is 261 g/mol. The van der Waals surface area contributed by atoms with Crippen LogP contribution in [-0.2, 0) is 16.0 Å². The van der Waals surface area contributed by atoms with Crippen LogP contribution in [0.25, 0.3) is 0 Å². The van der Waals surface area contributed by atoms with Gasteiger partial charge in [-0.3, -0.25) is 9.59 Å². The molecule has 0 radical (unpaired) electrons. The van der Waals surface area contributed by atoms with Gasteiger partial charge in [0.1, 0.15) is 6.04 Å². The highest BCUT2D eigenvalue weighted by Gasteiger charge is 2.31. The van der Waals surface area contributed by atoms with Gasteiger partial charge in [0.2, 0.25) is 11.8 Å². The molecular weight excluding hydrogens is 242 g/mol. The van der Waals surface area contributed by atoms with Crippen LogP contribution >= 0.6 is 0 Å². The number of benzene rings is 1. The van der Waals surface area contributed by atoms with Crippen LogP contribution in [0.3, 0.4) is 0 Å². The minimum absolute atomic E-state index is 0.119. The maximum Gasteiger partial charge on any atom is 0.242 e. The zero-order chi connectivity index (χ0) is 13.8. The summed E-state index contributed by atoms with van der Waals surface area (Å²) in [4.78, 5) is 25.4. The molecule has 0 spiro atoms. The molecule has 1 aliphatic rings. The zero-order valence-corrected chi connectivity index (χ0v) is 11.0. The molecule has 102 valence electrons. The molecule has 1 saturated heterocycles. The summed E-state index contributed by atoms with van der Waals surface area (Å²) in [5, 5.41) is 2.73. The summed E-state index contributed by atoms with van der Waals surface area (Å²) in [6.07, 6.45) is 0.491. The van der Waals surface area contributed by atoms with Gasteiger partial charge in [0.25, 0.3) is 0 Å². The van der Waals surface area contributed by atoms with Crippen LogP contribution in [0.2, 0.25) is 0 Å². The molecule has 1 heterocycles. The summed E-state index contributed by atoms with van der Waals surface area (Å²) in [5.41, 5.74) is 6.99. The first-order valence-corrected chi connectivity index (χ1v) is 6.47. The fourth-order valence-corrected chi connectivity index (χ4v) is 2.25. The third kappa shape index (κ3) is 3.12. The van der Waals surface area contributed by atoms with Crippen LogP contribution in [0.1, 0.15) is 12.5 Å². The topological polar surface area (TPSA) is 75.4 Å². The Morgan fingerprint density at radius 2 is 2.16 bits per heavy atom. The first kappa shape index (κ1) is 13.5. The fraction of sp³-hybridized carbons (Fsp3) is 0.429. The lowest BCUT2D eigenvalue weighted by Crippen LogP contribution is -2.59. The van der Waals surface area contributed by atoms with E-state index in [2.05, 4.69) is 5.32 Å². The molecule has 2 rings (SSSR count). The normalized spacial score (nSPS) is 20.8. The number of carbonyl (C=O) groups excluding carboxylic acids is 2. The van der Waals surface area contributed by atoms with Crippen molar-refractivity contribution in [3.05, 3.63) is 35.9 Å². The van der Waals surface area contributed by atoms with Gasteiger partial charge in [-0.15, -0.1) is 0 Å². The number of carbonyl (C=O) groups is 2. The van der Waals surface area contributed by atoms with Crippen molar-refractivity contribution in [2.24, 2.45) is 5.73 Å². The lowest BCUT2D eigenvalue weighted by molar-refractivity contribution is -0.143. The molecule has 1 unspecified atom stereocenters. The zero-order valence-electron chi connectivity index (χ0n) is 11.0. The second-order valence-corrected chi connectivity index (χ2v) is 4.79. The number of rotatable bonds is 3. The SMILES string of the molecule is CC1C(=O)NCCN1C(=O)[C@@H](N)Cc1ccccc1. The highest BCUT2D eigenvalue weighted by Crippen LogP contribution is 2.09.